The number of anilines is 1. The van der Waals surface area contributed by atoms with Crippen molar-refractivity contribution in [3.8, 4) is 17.8 Å². The van der Waals surface area contributed by atoms with Crippen LogP contribution in [0.3, 0.4) is 0 Å². The average Bonchev–Trinajstić information content (AvgIpc) is 2.37. The maximum atomic E-state index is 13.0. The second kappa shape index (κ2) is 6.06. The van der Waals surface area contributed by atoms with Gasteiger partial charge in [0.2, 0.25) is 5.95 Å². The molecule has 0 aliphatic rings. The molecule has 7 nitrogen and oxygen atoms in total. The molecule has 3 N–H and O–H groups in total. The van der Waals surface area contributed by atoms with Gasteiger partial charge < -0.3 is 9.47 Å². The number of hydrazine groups is 1. The Bertz CT molecular complexity index is 591. The number of hydrogen-bond acceptors (Lipinski definition) is 7. The quantitative estimate of drug-likeness (QED) is 0.636. The molecule has 0 fully saturated rings. The lowest BCUT2D eigenvalue weighted by atomic mass is 10.3. The molecule has 0 aliphatic heterocycles. The van der Waals surface area contributed by atoms with E-state index in [1.165, 1.54) is 0 Å². The van der Waals surface area contributed by atoms with Crippen molar-refractivity contribution in [2.24, 2.45) is 5.84 Å². The van der Waals surface area contributed by atoms with Crippen molar-refractivity contribution >= 4 is 5.95 Å². The zero-order chi connectivity index (χ0) is 14.5. The molecule has 2 aromatic rings. The third-order valence-electron chi connectivity index (χ3n) is 2.04. The third kappa shape index (κ3) is 3.48. The van der Waals surface area contributed by atoms with E-state index in [1.54, 1.807) is 6.92 Å². The van der Waals surface area contributed by atoms with Crippen LogP contribution in [-0.4, -0.2) is 21.6 Å². The first-order chi connectivity index (χ1) is 9.60. The first-order valence-electron chi connectivity index (χ1n) is 5.60. The Hall–Kier alpha value is -2.55. The van der Waals surface area contributed by atoms with E-state index >= 15 is 0 Å². The lowest BCUT2D eigenvalue weighted by Crippen LogP contribution is -2.12. The van der Waals surface area contributed by atoms with E-state index < -0.39 is 11.6 Å². The number of aromatic nitrogens is 3. The van der Waals surface area contributed by atoms with Crippen molar-refractivity contribution in [1.82, 2.24) is 15.0 Å². The fraction of sp³-hybridized carbons (Fsp3) is 0.182. The molecule has 1 aromatic heterocycles. The highest BCUT2D eigenvalue weighted by atomic mass is 19.1. The normalized spacial score (nSPS) is 10.2. The van der Waals surface area contributed by atoms with Gasteiger partial charge in [0.15, 0.2) is 0 Å². The monoisotopic (exact) mass is 283 g/mol. The van der Waals surface area contributed by atoms with Gasteiger partial charge in [-0.15, -0.1) is 4.98 Å². The van der Waals surface area contributed by atoms with Gasteiger partial charge in [0.05, 0.1) is 6.61 Å². The molecule has 9 heteroatoms. The number of hydrogen-bond donors (Lipinski definition) is 2. The van der Waals surface area contributed by atoms with E-state index in [0.717, 1.165) is 18.2 Å². The summed E-state index contributed by atoms with van der Waals surface area (Å²) in [6.07, 6.45) is 0. The average molecular weight is 283 g/mol. The second-order valence-corrected chi connectivity index (χ2v) is 3.51. The van der Waals surface area contributed by atoms with Crippen LogP contribution in [0.5, 0.6) is 17.8 Å². The minimum Gasteiger partial charge on any atom is -0.464 e. The number of nitrogen functional groups attached to an aromatic ring is 1. The Kier molecular flexibility index (Phi) is 4.20. The number of nitrogens with zero attached hydrogens (tertiary/aromatic N) is 3. The van der Waals surface area contributed by atoms with Gasteiger partial charge in [-0.05, 0) is 6.92 Å². The van der Waals surface area contributed by atoms with Crippen LogP contribution < -0.4 is 20.7 Å². The Labute approximate surface area is 112 Å². The second-order valence-electron chi connectivity index (χ2n) is 3.51. The van der Waals surface area contributed by atoms with Gasteiger partial charge in [0.1, 0.15) is 17.4 Å². The molecule has 0 radical (unpaired) electrons. The van der Waals surface area contributed by atoms with Crippen LogP contribution >= 0.6 is 0 Å². The van der Waals surface area contributed by atoms with Gasteiger partial charge in [-0.2, -0.15) is 9.97 Å². The topological polar surface area (TPSA) is 95.2 Å². The van der Waals surface area contributed by atoms with E-state index in [9.17, 15) is 8.78 Å². The maximum absolute atomic E-state index is 13.0. The van der Waals surface area contributed by atoms with Gasteiger partial charge in [0.25, 0.3) is 0 Å². The third-order valence-corrected chi connectivity index (χ3v) is 2.04. The molecule has 0 bridgehead atoms. The number of halogens is 2. The van der Waals surface area contributed by atoms with Gasteiger partial charge >= 0.3 is 12.0 Å². The first-order valence-corrected chi connectivity index (χ1v) is 5.60. The summed E-state index contributed by atoms with van der Waals surface area (Å²) in [7, 11) is 0. The molecule has 0 aliphatic carbocycles. The molecular weight excluding hydrogens is 272 g/mol. The van der Waals surface area contributed by atoms with Crippen LogP contribution in [0.25, 0.3) is 0 Å². The lowest BCUT2D eigenvalue weighted by Gasteiger charge is -2.07. The smallest absolute Gasteiger partial charge is 0.330 e. The summed E-state index contributed by atoms with van der Waals surface area (Å²) in [6.45, 7) is 2.06. The molecular formula is C11H11F2N5O2. The van der Waals surface area contributed by atoms with Crippen molar-refractivity contribution in [1.29, 1.82) is 0 Å². The molecule has 20 heavy (non-hydrogen) atoms. The minimum atomic E-state index is -0.781. The summed E-state index contributed by atoms with van der Waals surface area (Å²) in [6, 6.07) is 2.47. The van der Waals surface area contributed by atoms with E-state index in [4.69, 9.17) is 15.3 Å². The van der Waals surface area contributed by atoms with Crippen LogP contribution in [0.1, 0.15) is 6.92 Å². The van der Waals surface area contributed by atoms with Crippen LogP contribution in [0.2, 0.25) is 0 Å². The van der Waals surface area contributed by atoms with Gasteiger partial charge in [-0.25, -0.2) is 14.6 Å². The molecule has 0 saturated heterocycles. The van der Waals surface area contributed by atoms with Crippen molar-refractivity contribution in [2.75, 3.05) is 12.0 Å². The van der Waals surface area contributed by atoms with Crippen LogP contribution in [0.4, 0.5) is 14.7 Å². The summed E-state index contributed by atoms with van der Waals surface area (Å²) in [5.41, 5.74) is 2.20. The number of nitrogens with one attached hydrogen (secondary N) is 1. The summed E-state index contributed by atoms with van der Waals surface area (Å²) < 4.78 is 36.3. The Morgan fingerprint density at radius 3 is 2.35 bits per heavy atom. The number of benzene rings is 1. The van der Waals surface area contributed by atoms with E-state index in [-0.39, 0.29) is 23.7 Å². The lowest BCUT2D eigenvalue weighted by molar-refractivity contribution is 0.303. The Balaban J connectivity index is 2.29. The highest BCUT2D eigenvalue weighted by Crippen LogP contribution is 2.22. The molecule has 1 heterocycles. The molecule has 0 unspecified atom stereocenters. The van der Waals surface area contributed by atoms with Crippen LogP contribution in [0, 0.1) is 11.6 Å². The Morgan fingerprint density at radius 1 is 1.10 bits per heavy atom. The first kappa shape index (κ1) is 13.9. The highest BCUT2D eigenvalue weighted by Gasteiger charge is 2.10. The number of rotatable bonds is 5. The SMILES string of the molecule is CCOc1nc(NN)nc(Oc2cc(F)cc(F)c2)n1. The van der Waals surface area contributed by atoms with Crippen molar-refractivity contribution in [3.63, 3.8) is 0 Å². The highest BCUT2D eigenvalue weighted by molar-refractivity contribution is 5.30. The van der Waals surface area contributed by atoms with Crippen molar-refractivity contribution in [3.05, 3.63) is 29.8 Å². The number of nitrogens with two attached hydrogens (primary N) is 1. The summed E-state index contributed by atoms with van der Waals surface area (Å²) in [4.78, 5) is 11.4. The van der Waals surface area contributed by atoms with Crippen molar-refractivity contribution < 1.29 is 18.3 Å². The zero-order valence-electron chi connectivity index (χ0n) is 10.4. The standard InChI is InChI=1S/C11H11F2N5O2/c1-2-19-10-15-9(18-14)16-11(17-10)20-8-4-6(12)3-7(13)5-8/h3-5H,2,14H2,1H3,(H,15,16,17,18). The zero-order valence-corrected chi connectivity index (χ0v) is 10.4. The molecule has 2 rings (SSSR count). The van der Waals surface area contributed by atoms with Gasteiger partial charge in [0, 0.05) is 18.2 Å². The van der Waals surface area contributed by atoms with Crippen molar-refractivity contribution in [2.45, 2.75) is 6.92 Å². The maximum Gasteiger partial charge on any atom is 0.330 e. The number of ether oxygens (including phenoxy) is 2. The van der Waals surface area contributed by atoms with E-state index in [2.05, 4.69) is 20.4 Å². The molecule has 1 aromatic carbocycles. The van der Waals surface area contributed by atoms with Gasteiger partial charge in [-0.3, -0.25) is 5.43 Å². The fourth-order valence-corrected chi connectivity index (χ4v) is 1.33. The Morgan fingerprint density at radius 2 is 1.75 bits per heavy atom. The van der Waals surface area contributed by atoms with Gasteiger partial charge in [-0.1, -0.05) is 0 Å². The molecule has 0 spiro atoms. The van der Waals surface area contributed by atoms with E-state index in [1.807, 2.05) is 0 Å². The largest absolute Gasteiger partial charge is 0.464 e. The molecule has 0 atom stereocenters. The predicted octanol–water partition coefficient (Wildman–Crippen LogP) is 1.63. The van der Waals surface area contributed by atoms with E-state index in [0.29, 0.717) is 6.61 Å². The van der Waals surface area contributed by atoms with Crippen LogP contribution in [-0.2, 0) is 0 Å². The molecule has 0 saturated carbocycles. The summed E-state index contributed by atoms with van der Waals surface area (Å²) in [5, 5.41) is 0. The molecule has 106 valence electrons. The summed E-state index contributed by atoms with van der Waals surface area (Å²) >= 11 is 0. The minimum absolute atomic E-state index is 0.00433. The molecule has 0 amide bonds. The van der Waals surface area contributed by atoms with Crippen LogP contribution in [0.15, 0.2) is 18.2 Å². The fourth-order valence-electron chi connectivity index (χ4n) is 1.33. The summed E-state index contributed by atoms with van der Waals surface area (Å²) in [5.74, 6) is 3.53. The predicted molar refractivity (Wildman–Crippen MR) is 65.2 cm³/mol.